The highest BCUT2D eigenvalue weighted by molar-refractivity contribution is 4.95. The molecule has 0 bridgehead atoms. The van der Waals surface area contributed by atoms with Crippen molar-refractivity contribution in [2.45, 2.75) is 70.0 Å². The Bertz CT molecular complexity index is 261. The summed E-state index contributed by atoms with van der Waals surface area (Å²) in [5.41, 5.74) is 0.440. The molecule has 2 rings (SSSR count). The van der Waals surface area contributed by atoms with Gasteiger partial charge in [0.2, 0.25) is 0 Å². The van der Waals surface area contributed by atoms with Crippen LogP contribution in [0.4, 0.5) is 0 Å². The average molecular weight is 267 g/mol. The number of piperidine rings is 1. The van der Waals surface area contributed by atoms with Gasteiger partial charge in [0, 0.05) is 24.2 Å². The molecule has 1 aliphatic heterocycles. The molecule has 0 atom stereocenters. The van der Waals surface area contributed by atoms with E-state index in [1.165, 1.54) is 58.2 Å². The molecule has 3 nitrogen and oxygen atoms in total. The molecule has 1 saturated carbocycles. The third kappa shape index (κ3) is 3.71. The number of likely N-dealkylation sites (tertiary alicyclic amines) is 1. The molecule has 0 aromatic rings. The Morgan fingerprint density at radius 3 is 2.21 bits per heavy atom. The van der Waals surface area contributed by atoms with Gasteiger partial charge in [-0.25, -0.2) is 0 Å². The van der Waals surface area contributed by atoms with Crippen LogP contribution in [0.2, 0.25) is 0 Å². The van der Waals surface area contributed by atoms with E-state index in [0.717, 1.165) is 6.04 Å². The lowest BCUT2D eigenvalue weighted by Crippen LogP contribution is -2.53. The third-order valence-electron chi connectivity index (χ3n) is 5.46. The molecule has 1 N–H and O–H groups in total. The van der Waals surface area contributed by atoms with Crippen molar-refractivity contribution in [1.82, 2.24) is 15.1 Å². The summed E-state index contributed by atoms with van der Waals surface area (Å²) >= 11 is 0. The van der Waals surface area contributed by atoms with Crippen LogP contribution in [0.5, 0.6) is 0 Å². The van der Waals surface area contributed by atoms with Crippen LogP contribution in [-0.2, 0) is 0 Å². The highest BCUT2D eigenvalue weighted by atomic mass is 15.2. The molecular formula is C16H33N3. The lowest BCUT2D eigenvalue weighted by Gasteiger charge is -2.40. The number of likely N-dealkylation sites (N-methyl/N-ethyl adjacent to an activating group) is 1. The maximum Gasteiger partial charge on any atom is 0.0327 e. The van der Waals surface area contributed by atoms with Crippen LogP contribution < -0.4 is 5.32 Å². The van der Waals surface area contributed by atoms with Crippen LogP contribution >= 0.6 is 0 Å². The molecule has 0 spiro atoms. The molecule has 2 aliphatic rings. The van der Waals surface area contributed by atoms with Gasteiger partial charge in [0.25, 0.3) is 0 Å². The molecule has 19 heavy (non-hydrogen) atoms. The summed E-state index contributed by atoms with van der Waals surface area (Å²) in [5, 5.41) is 3.88. The summed E-state index contributed by atoms with van der Waals surface area (Å²) < 4.78 is 0. The van der Waals surface area contributed by atoms with E-state index in [0.29, 0.717) is 11.6 Å². The second-order valence-electron chi connectivity index (χ2n) is 7.11. The van der Waals surface area contributed by atoms with Gasteiger partial charge in [0.15, 0.2) is 0 Å². The van der Waals surface area contributed by atoms with Crippen LogP contribution in [0, 0.1) is 0 Å². The SMILES string of the molecule is CC(C)N1CCC(NCC2(N(C)C)CCCC2)CC1. The highest BCUT2D eigenvalue weighted by Crippen LogP contribution is 2.33. The normalized spacial score (nSPS) is 25.6. The molecular weight excluding hydrogens is 234 g/mol. The topological polar surface area (TPSA) is 18.5 Å². The van der Waals surface area contributed by atoms with Crippen molar-refractivity contribution in [2.24, 2.45) is 0 Å². The minimum atomic E-state index is 0.440. The minimum Gasteiger partial charge on any atom is -0.312 e. The summed E-state index contributed by atoms with van der Waals surface area (Å²) in [5.74, 6) is 0. The molecule has 0 aromatic heterocycles. The maximum absolute atomic E-state index is 3.88. The summed E-state index contributed by atoms with van der Waals surface area (Å²) in [6.07, 6.45) is 8.20. The van der Waals surface area contributed by atoms with Crippen LogP contribution in [0.15, 0.2) is 0 Å². The van der Waals surface area contributed by atoms with Crippen LogP contribution in [-0.4, -0.2) is 61.2 Å². The first kappa shape index (κ1) is 15.3. The van der Waals surface area contributed by atoms with Gasteiger partial charge in [0.1, 0.15) is 0 Å². The second-order valence-corrected chi connectivity index (χ2v) is 7.11. The van der Waals surface area contributed by atoms with Crippen LogP contribution in [0.1, 0.15) is 52.4 Å². The number of hydrogen-bond acceptors (Lipinski definition) is 3. The number of rotatable bonds is 5. The Hall–Kier alpha value is -0.120. The number of nitrogens with one attached hydrogen (secondary N) is 1. The molecule has 0 amide bonds. The lowest BCUT2D eigenvalue weighted by molar-refractivity contribution is 0.126. The fraction of sp³-hybridized carbons (Fsp3) is 1.00. The second kappa shape index (κ2) is 6.55. The fourth-order valence-corrected chi connectivity index (χ4v) is 3.77. The molecule has 2 fully saturated rings. The van der Waals surface area contributed by atoms with Crippen molar-refractivity contribution in [1.29, 1.82) is 0 Å². The van der Waals surface area contributed by atoms with Gasteiger partial charge in [-0.1, -0.05) is 12.8 Å². The van der Waals surface area contributed by atoms with E-state index in [4.69, 9.17) is 0 Å². The zero-order chi connectivity index (χ0) is 13.9. The van der Waals surface area contributed by atoms with E-state index in [-0.39, 0.29) is 0 Å². The molecule has 3 heteroatoms. The third-order valence-corrected chi connectivity index (χ3v) is 5.46. The summed E-state index contributed by atoms with van der Waals surface area (Å²) in [6.45, 7) is 8.35. The van der Waals surface area contributed by atoms with Gasteiger partial charge in [-0.2, -0.15) is 0 Å². The van der Waals surface area contributed by atoms with E-state index in [1.807, 2.05) is 0 Å². The molecule has 0 unspecified atom stereocenters. The van der Waals surface area contributed by atoms with Crippen molar-refractivity contribution in [3.05, 3.63) is 0 Å². The standard InChI is InChI=1S/C16H33N3/c1-14(2)19-11-7-15(8-12-19)17-13-16(18(3)4)9-5-6-10-16/h14-15,17H,5-13H2,1-4H3. The molecule has 112 valence electrons. The smallest absolute Gasteiger partial charge is 0.0327 e. The maximum atomic E-state index is 3.88. The predicted molar refractivity (Wildman–Crippen MR) is 82.6 cm³/mol. The van der Waals surface area contributed by atoms with Gasteiger partial charge in [-0.3, -0.25) is 0 Å². The quantitative estimate of drug-likeness (QED) is 0.825. The van der Waals surface area contributed by atoms with Gasteiger partial charge < -0.3 is 15.1 Å². The van der Waals surface area contributed by atoms with E-state index in [9.17, 15) is 0 Å². The largest absolute Gasteiger partial charge is 0.312 e. The molecule has 0 aromatic carbocycles. The zero-order valence-corrected chi connectivity index (χ0v) is 13.4. The van der Waals surface area contributed by atoms with E-state index < -0.39 is 0 Å². The van der Waals surface area contributed by atoms with Gasteiger partial charge in [0.05, 0.1) is 0 Å². The first-order valence-electron chi connectivity index (χ1n) is 8.18. The van der Waals surface area contributed by atoms with Gasteiger partial charge in [-0.15, -0.1) is 0 Å². The highest BCUT2D eigenvalue weighted by Gasteiger charge is 2.36. The van der Waals surface area contributed by atoms with Crippen molar-refractivity contribution < 1.29 is 0 Å². The summed E-state index contributed by atoms with van der Waals surface area (Å²) in [4.78, 5) is 5.08. The Balaban J connectivity index is 1.77. The summed E-state index contributed by atoms with van der Waals surface area (Å²) in [7, 11) is 4.52. The van der Waals surface area contributed by atoms with Crippen molar-refractivity contribution >= 4 is 0 Å². The first-order valence-corrected chi connectivity index (χ1v) is 8.18. The Morgan fingerprint density at radius 1 is 1.16 bits per heavy atom. The Labute approximate surface area is 119 Å². The van der Waals surface area contributed by atoms with Gasteiger partial charge >= 0.3 is 0 Å². The average Bonchev–Trinajstić information content (AvgIpc) is 2.87. The van der Waals surface area contributed by atoms with Gasteiger partial charge in [-0.05, 0) is 66.7 Å². The Morgan fingerprint density at radius 2 is 1.74 bits per heavy atom. The Kier molecular flexibility index (Phi) is 5.27. The molecule has 1 saturated heterocycles. The van der Waals surface area contributed by atoms with E-state index in [2.05, 4.69) is 43.1 Å². The predicted octanol–water partition coefficient (Wildman–Crippen LogP) is 2.32. The molecule has 1 heterocycles. The van der Waals surface area contributed by atoms with Crippen LogP contribution in [0.3, 0.4) is 0 Å². The van der Waals surface area contributed by atoms with E-state index >= 15 is 0 Å². The molecule has 1 aliphatic carbocycles. The van der Waals surface area contributed by atoms with Crippen molar-refractivity contribution in [2.75, 3.05) is 33.7 Å². The number of hydrogen-bond donors (Lipinski definition) is 1. The zero-order valence-electron chi connectivity index (χ0n) is 13.4. The minimum absolute atomic E-state index is 0.440. The number of nitrogens with zero attached hydrogens (tertiary/aromatic N) is 2. The summed E-state index contributed by atoms with van der Waals surface area (Å²) in [6, 6.07) is 1.45. The fourth-order valence-electron chi connectivity index (χ4n) is 3.77. The monoisotopic (exact) mass is 267 g/mol. The van der Waals surface area contributed by atoms with E-state index in [1.54, 1.807) is 0 Å². The lowest BCUT2D eigenvalue weighted by atomic mass is 9.94. The first-order chi connectivity index (χ1) is 9.03. The van der Waals surface area contributed by atoms with Crippen molar-refractivity contribution in [3.63, 3.8) is 0 Å². The molecule has 0 radical (unpaired) electrons. The van der Waals surface area contributed by atoms with Crippen LogP contribution in [0.25, 0.3) is 0 Å². The van der Waals surface area contributed by atoms with Crippen molar-refractivity contribution in [3.8, 4) is 0 Å².